The Balaban J connectivity index is 3.57. The molecule has 1 rings (SSSR count). The maximum Gasteiger partial charge on any atom is 0.342 e. The predicted octanol–water partition coefficient (Wildman–Crippen LogP) is 2.39. The van der Waals surface area contributed by atoms with Gasteiger partial charge in [0.2, 0.25) is 0 Å². The summed E-state index contributed by atoms with van der Waals surface area (Å²) >= 11 is 11.4. The van der Waals surface area contributed by atoms with E-state index in [1.807, 2.05) is 0 Å². The van der Waals surface area contributed by atoms with Crippen LogP contribution in [0.4, 0.5) is 5.69 Å². The van der Waals surface area contributed by atoms with E-state index in [4.69, 9.17) is 23.2 Å². The van der Waals surface area contributed by atoms with Gasteiger partial charge < -0.3 is 4.74 Å². The van der Waals surface area contributed by atoms with E-state index in [9.17, 15) is 14.9 Å². The molecule has 0 aliphatic carbocycles. The maximum atomic E-state index is 11.3. The minimum absolute atomic E-state index is 0.0349. The fourth-order valence-electron chi connectivity index (χ4n) is 1.11. The third kappa shape index (κ3) is 2.07. The second kappa shape index (κ2) is 4.63. The highest BCUT2D eigenvalue weighted by Crippen LogP contribution is 2.34. The van der Waals surface area contributed by atoms with Crippen LogP contribution in [0.15, 0.2) is 0 Å². The van der Waals surface area contributed by atoms with E-state index in [1.165, 1.54) is 6.92 Å². The molecular formula is C8H6Cl2N2O4. The molecule has 8 heteroatoms. The molecule has 0 atom stereocenters. The molecule has 0 fully saturated rings. The Morgan fingerprint density at radius 2 is 2.06 bits per heavy atom. The second-order valence-electron chi connectivity index (χ2n) is 2.77. The van der Waals surface area contributed by atoms with Gasteiger partial charge in [0.25, 0.3) is 0 Å². The Kier molecular flexibility index (Phi) is 3.66. The summed E-state index contributed by atoms with van der Waals surface area (Å²) in [6.45, 7) is 1.37. The lowest BCUT2D eigenvalue weighted by Crippen LogP contribution is -2.08. The fraction of sp³-hybridized carbons (Fsp3) is 0.250. The van der Waals surface area contributed by atoms with Gasteiger partial charge in [-0.25, -0.2) is 9.78 Å². The SMILES string of the molecule is COC(=O)c1c(Cl)nc(C)c([N+](=O)[O-])c1Cl. The molecule has 0 aromatic carbocycles. The molecular weight excluding hydrogens is 259 g/mol. The van der Waals surface area contributed by atoms with Gasteiger partial charge in [-0.1, -0.05) is 23.2 Å². The van der Waals surface area contributed by atoms with Crippen LogP contribution in [0.2, 0.25) is 10.2 Å². The number of ether oxygens (including phenoxy) is 1. The van der Waals surface area contributed by atoms with E-state index in [0.717, 1.165) is 7.11 Å². The lowest BCUT2D eigenvalue weighted by atomic mass is 10.2. The smallest absolute Gasteiger partial charge is 0.342 e. The number of pyridine rings is 1. The molecule has 0 saturated carbocycles. The summed E-state index contributed by atoms with van der Waals surface area (Å²) < 4.78 is 4.40. The van der Waals surface area contributed by atoms with Gasteiger partial charge in [0.15, 0.2) is 0 Å². The Morgan fingerprint density at radius 3 is 2.50 bits per heavy atom. The highest BCUT2D eigenvalue weighted by Gasteiger charge is 2.28. The number of methoxy groups -OCH3 is 1. The van der Waals surface area contributed by atoms with E-state index in [0.29, 0.717) is 0 Å². The van der Waals surface area contributed by atoms with Crippen molar-refractivity contribution in [1.29, 1.82) is 0 Å². The molecule has 0 bridgehead atoms. The Bertz CT molecular complexity index is 476. The Labute approximate surface area is 100 Å². The van der Waals surface area contributed by atoms with E-state index in [1.54, 1.807) is 0 Å². The summed E-state index contributed by atoms with van der Waals surface area (Å²) in [5, 5.41) is 10.1. The van der Waals surface area contributed by atoms with Gasteiger partial charge in [0, 0.05) is 0 Å². The molecule has 0 unspecified atom stereocenters. The highest BCUT2D eigenvalue weighted by atomic mass is 35.5. The van der Waals surface area contributed by atoms with Crippen LogP contribution in [0.1, 0.15) is 16.1 Å². The first-order valence-electron chi connectivity index (χ1n) is 3.98. The van der Waals surface area contributed by atoms with Crippen LogP contribution in [0.25, 0.3) is 0 Å². The van der Waals surface area contributed by atoms with Crippen LogP contribution in [0.3, 0.4) is 0 Å². The van der Waals surface area contributed by atoms with Gasteiger partial charge in [0.05, 0.1) is 12.0 Å². The van der Waals surface area contributed by atoms with Gasteiger partial charge >= 0.3 is 11.7 Å². The predicted molar refractivity (Wildman–Crippen MR) is 57.0 cm³/mol. The highest BCUT2D eigenvalue weighted by molar-refractivity contribution is 6.40. The summed E-state index contributed by atoms with van der Waals surface area (Å²) in [7, 11) is 1.11. The van der Waals surface area contributed by atoms with E-state index in [2.05, 4.69) is 9.72 Å². The zero-order chi connectivity index (χ0) is 12.5. The van der Waals surface area contributed by atoms with Gasteiger partial charge in [-0.15, -0.1) is 0 Å². The molecule has 1 aromatic rings. The third-order valence-electron chi connectivity index (χ3n) is 1.81. The summed E-state index contributed by atoms with van der Waals surface area (Å²) in [5.41, 5.74) is -0.720. The van der Waals surface area contributed by atoms with Gasteiger partial charge in [-0.2, -0.15) is 0 Å². The lowest BCUT2D eigenvalue weighted by molar-refractivity contribution is -0.385. The summed E-state index contributed by atoms with van der Waals surface area (Å²) in [6.07, 6.45) is 0. The van der Waals surface area contributed by atoms with Crippen molar-refractivity contribution in [2.75, 3.05) is 7.11 Å². The third-order valence-corrected chi connectivity index (χ3v) is 2.46. The molecule has 0 N–H and O–H groups in total. The van der Waals surface area contributed by atoms with Crippen LogP contribution in [-0.2, 0) is 4.74 Å². The van der Waals surface area contributed by atoms with Crippen molar-refractivity contribution in [2.24, 2.45) is 0 Å². The van der Waals surface area contributed by atoms with E-state index >= 15 is 0 Å². The fourth-order valence-corrected chi connectivity index (χ4v) is 1.83. The molecule has 0 amide bonds. The van der Waals surface area contributed by atoms with E-state index < -0.39 is 16.6 Å². The minimum Gasteiger partial charge on any atom is -0.465 e. The molecule has 1 heterocycles. The first-order valence-corrected chi connectivity index (χ1v) is 4.74. The first kappa shape index (κ1) is 12.7. The van der Waals surface area contributed by atoms with Crippen molar-refractivity contribution in [2.45, 2.75) is 6.92 Å². The van der Waals surface area contributed by atoms with Gasteiger partial charge in [-0.05, 0) is 6.92 Å². The molecule has 0 spiro atoms. The topological polar surface area (TPSA) is 82.3 Å². The number of nitro groups is 1. The average Bonchev–Trinajstić information content (AvgIpc) is 2.15. The van der Waals surface area contributed by atoms with Crippen LogP contribution in [0.5, 0.6) is 0 Å². The Morgan fingerprint density at radius 1 is 1.50 bits per heavy atom. The number of aryl methyl sites for hydroxylation is 1. The number of esters is 1. The molecule has 0 aliphatic heterocycles. The van der Waals surface area contributed by atoms with Crippen molar-refractivity contribution >= 4 is 34.9 Å². The van der Waals surface area contributed by atoms with Crippen LogP contribution in [0, 0.1) is 17.0 Å². The van der Waals surface area contributed by atoms with Crippen LogP contribution < -0.4 is 0 Å². The number of hydrogen-bond donors (Lipinski definition) is 0. The molecule has 16 heavy (non-hydrogen) atoms. The van der Waals surface area contributed by atoms with Crippen molar-refractivity contribution in [3.63, 3.8) is 0 Å². The van der Waals surface area contributed by atoms with Gasteiger partial charge in [-0.3, -0.25) is 10.1 Å². The van der Waals surface area contributed by atoms with Crippen LogP contribution in [-0.4, -0.2) is 23.0 Å². The zero-order valence-corrected chi connectivity index (χ0v) is 9.80. The van der Waals surface area contributed by atoms with Crippen LogP contribution >= 0.6 is 23.2 Å². The monoisotopic (exact) mass is 264 g/mol. The number of aromatic nitrogens is 1. The average molecular weight is 265 g/mol. The normalized spacial score (nSPS) is 10.0. The lowest BCUT2D eigenvalue weighted by Gasteiger charge is -2.06. The maximum absolute atomic E-state index is 11.3. The summed E-state index contributed by atoms with van der Waals surface area (Å²) in [5.74, 6) is -0.870. The molecule has 0 saturated heterocycles. The van der Waals surface area contributed by atoms with Crippen molar-refractivity contribution in [1.82, 2.24) is 4.98 Å². The Hall–Kier alpha value is -1.40. The number of rotatable bonds is 2. The number of carbonyl (C=O) groups excluding carboxylic acids is 1. The first-order chi connectivity index (χ1) is 7.40. The quantitative estimate of drug-likeness (QED) is 0.355. The molecule has 0 radical (unpaired) electrons. The second-order valence-corrected chi connectivity index (χ2v) is 3.51. The number of nitrogens with zero attached hydrogens (tertiary/aromatic N) is 2. The zero-order valence-electron chi connectivity index (χ0n) is 8.28. The number of carbonyl (C=O) groups is 1. The van der Waals surface area contributed by atoms with E-state index in [-0.39, 0.29) is 21.4 Å². The number of halogens is 2. The molecule has 0 aliphatic rings. The summed E-state index contributed by atoms with van der Waals surface area (Å²) in [6, 6.07) is 0. The van der Waals surface area contributed by atoms with Crippen molar-refractivity contribution in [3.05, 3.63) is 31.5 Å². The number of hydrogen-bond acceptors (Lipinski definition) is 5. The van der Waals surface area contributed by atoms with Gasteiger partial charge in [0.1, 0.15) is 21.4 Å². The molecule has 1 aromatic heterocycles. The van der Waals surface area contributed by atoms with Crippen molar-refractivity contribution in [3.8, 4) is 0 Å². The standard InChI is InChI=1S/C8H6Cl2N2O4/c1-3-6(12(14)15)5(9)4(7(10)11-3)8(13)16-2/h1-2H3. The minimum atomic E-state index is -0.870. The van der Waals surface area contributed by atoms with Crippen molar-refractivity contribution < 1.29 is 14.5 Å². The largest absolute Gasteiger partial charge is 0.465 e. The molecule has 86 valence electrons. The molecule has 6 nitrogen and oxygen atoms in total. The summed E-state index contributed by atoms with van der Waals surface area (Å²) in [4.78, 5) is 24.9.